The summed E-state index contributed by atoms with van der Waals surface area (Å²) in [7, 11) is 1.91. The van der Waals surface area contributed by atoms with Gasteiger partial charge in [0, 0.05) is 24.2 Å². The second-order valence-electron chi connectivity index (χ2n) is 2.78. The summed E-state index contributed by atoms with van der Waals surface area (Å²) in [6, 6.07) is 2.00. The molecule has 0 saturated heterocycles. The lowest BCUT2D eigenvalue weighted by Crippen LogP contribution is -2.02. The lowest BCUT2D eigenvalue weighted by Gasteiger charge is -2.04. The average molecular weight is 186 g/mol. The quantitative estimate of drug-likeness (QED) is 0.763. The highest BCUT2D eigenvalue weighted by atomic mass is 32.2. The van der Waals surface area contributed by atoms with Crippen LogP contribution in [0.2, 0.25) is 0 Å². The van der Waals surface area contributed by atoms with E-state index in [2.05, 4.69) is 5.10 Å². The number of rotatable bonds is 4. The normalized spacial score (nSPS) is 13.2. The lowest BCUT2D eigenvalue weighted by molar-refractivity contribution is 0.300. The fourth-order valence-electron chi connectivity index (χ4n) is 0.821. The van der Waals surface area contributed by atoms with Crippen LogP contribution in [0, 0.1) is 0 Å². The van der Waals surface area contributed by atoms with Gasteiger partial charge in [0.2, 0.25) is 0 Å². The minimum Gasteiger partial charge on any atom is -0.395 e. The van der Waals surface area contributed by atoms with Crippen LogP contribution in [0.1, 0.15) is 12.6 Å². The van der Waals surface area contributed by atoms with Gasteiger partial charge in [-0.1, -0.05) is 6.92 Å². The Morgan fingerprint density at radius 1 is 1.75 bits per heavy atom. The Morgan fingerprint density at radius 3 is 3.00 bits per heavy atom. The summed E-state index contributed by atoms with van der Waals surface area (Å²) in [5.74, 6) is 0.878. The van der Waals surface area contributed by atoms with Gasteiger partial charge in [-0.15, -0.1) is 11.8 Å². The number of hydrogen-bond donors (Lipinski definition) is 1. The third kappa shape index (κ3) is 2.87. The van der Waals surface area contributed by atoms with Crippen LogP contribution < -0.4 is 0 Å². The van der Waals surface area contributed by atoms with Crippen molar-refractivity contribution in [2.24, 2.45) is 7.05 Å². The van der Waals surface area contributed by atoms with E-state index in [9.17, 15) is 0 Å². The Bertz CT molecular complexity index is 237. The monoisotopic (exact) mass is 186 g/mol. The molecule has 12 heavy (non-hydrogen) atoms. The fraction of sp³-hybridized carbons (Fsp3) is 0.625. The van der Waals surface area contributed by atoms with Gasteiger partial charge in [-0.3, -0.25) is 4.68 Å². The molecule has 1 aromatic rings. The molecule has 1 N–H and O–H groups in total. The van der Waals surface area contributed by atoms with Crippen molar-refractivity contribution < 1.29 is 5.11 Å². The van der Waals surface area contributed by atoms with Gasteiger partial charge < -0.3 is 5.11 Å². The standard InChI is InChI=1S/C8H14N2OS/c1-7(5-11)12-6-8-3-4-10(2)9-8/h3-4,7,11H,5-6H2,1-2H3. The molecule has 68 valence electrons. The summed E-state index contributed by atoms with van der Waals surface area (Å²) in [5, 5.41) is 13.3. The Labute approximate surface area is 76.8 Å². The highest BCUT2D eigenvalue weighted by Gasteiger charge is 2.02. The van der Waals surface area contributed by atoms with Crippen LogP contribution in [0.4, 0.5) is 0 Å². The van der Waals surface area contributed by atoms with Crippen molar-refractivity contribution in [3.05, 3.63) is 18.0 Å². The Kier molecular flexibility index (Phi) is 3.62. The summed E-state index contributed by atoms with van der Waals surface area (Å²) in [4.78, 5) is 0. The van der Waals surface area contributed by atoms with Gasteiger partial charge in [0.05, 0.1) is 12.3 Å². The average Bonchev–Trinajstić information content (AvgIpc) is 2.47. The highest BCUT2D eigenvalue weighted by Crippen LogP contribution is 2.15. The van der Waals surface area contributed by atoms with Crippen LogP contribution in [0.15, 0.2) is 12.3 Å². The number of aromatic nitrogens is 2. The van der Waals surface area contributed by atoms with E-state index in [0.717, 1.165) is 11.4 Å². The van der Waals surface area contributed by atoms with Crippen molar-refractivity contribution in [1.82, 2.24) is 9.78 Å². The first-order valence-electron chi connectivity index (χ1n) is 3.93. The largest absolute Gasteiger partial charge is 0.395 e. The molecule has 0 spiro atoms. The third-order valence-electron chi connectivity index (χ3n) is 1.54. The summed E-state index contributed by atoms with van der Waals surface area (Å²) in [5.41, 5.74) is 1.07. The van der Waals surface area contributed by atoms with Gasteiger partial charge in [-0.25, -0.2) is 0 Å². The van der Waals surface area contributed by atoms with Gasteiger partial charge in [0.25, 0.3) is 0 Å². The molecule has 0 aliphatic rings. The summed E-state index contributed by atoms with van der Waals surface area (Å²) in [6.07, 6.45) is 1.93. The van der Waals surface area contributed by atoms with E-state index in [0.29, 0.717) is 5.25 Å². The number of hydrogen-bond acceptors (Lipinski definition) is 3. The van der Waals surface area contributed by atoms with Crippen molar-refractivity contribution in [3.63, 3.8) is 0 Å². The first-order chi connectivity index (χ1) is 5.72. The molecule has 4 heteroatoms. The van der Waals surface area contributed by atoms with Gasteiger partial charge in [0.15, 0.2) is 0 Å². The van der Waals surface area contributed by atoms with Gasteiger partial charge in [0.1, 0.15) is 0 Å². The predicted octanol–water partition coefficient (Wildman–Crippen LogP) is 1.03. The molecule has 3 nitrogen and oxygen atoms in total. The second kappa shape index (κ2) is 4.52. The number of aliphatic hydroxyl groups excluding tert-OH is 1. The summed E-state index contributed by atoms with van der Waals surface area (Å²) >= 11 is 1.72. The molecule has 0 aliphatic heterocycles. The van der Waals surface area contributed by atoms with Crippen LogP contribution in [0.3, 0.4) is 0 Å². The van der Waals surface area contributed by atoms with Crippen LogP contribution in [0.5, 0.6) is 0 Å². The van der Waals surface area contributed by atoms with Gasteiger partial charge >= 0.3 is 0 Å². The molecule has 0 aromatic carbocycles. The van der Waals surface area contributed by atoms with E-state index >= 15 is 0 Å². The number of nitrogens with zero attached hydrogens (tertiary/aromatic N) is 2. The molecule has 0 radical (unpaired) electrons. The van der Waals surface area contributed by atoms with Crippen LogP contribution in [-0.4, -0.2) is 26.7 Å². The number of thioether (sulfide) groups is 1. The minimum atomic E-state index is 0.234. The Hall–Kier alpha value is -0.480. The molecule has 1 unspecified atom stereocenters. The molecule has 1 atom stereocenters. The molecule has 0 fully saturated rings. The van der Waals surface area contributed by atoms with Crippen molar-refractivity contribution in [1.29, 1.82) is 0 Å². The molecule has 1 rings (SSSR count). The zero-order chi connectivity index (χ0) is 8.97. The molecule has 1 heterocycles. The highest BCUT2D eigenvalue weighted by molar-refractivity contribution is 7.99. The van der Waals surface area contributed by atoms with E-state index in [1.807, 2.05) is 26.2 Å². The summed E-state index contributed by atoms with van der Waals surface area (Å²) < 4.78 is 1.79. The maximum Gasteiger partial charge on any atom is 0.0723 e. The first kappa shape index (κ1) is 9.61. The zero-order valence-corrected chi connectivity index (χ0v) is 8.21. The topological polar surface area (TPSA) is 38.0 Å². The van der Waals surface area contributed by atoms with Gasteiger partial charge in [-0.2, -0.15) is 5.10 Å². The van der Waals surface area contributed by atoms with Crippen molar-refractivity contribution in [3.8, 4) is 0 Å². The minimum absolute atomic E-state index is 0.234. The fourth-order valence-corrected chi connectivity index (χ4v) is 1.54. The maximum absolute atomic E-state index is 8.77. The third-order valence-corrected chi connectivity index (χ3v) is 2.72. The lowest BCUT2D eigenvalue weighted by atomic mass is 10.5. The summed E-state index contributed by atoms with van der Waals surface area (Å²) in [6.45, 7) is 2.24. The Morgan fingerprint density at radius 2 is 2.50 bits per heavy atom. The smallest absolute Gasteiger partial charge is 0.0723 e. The van der Waals surface area contributed by atoms with Crippen LogP contribution >= 0.6 is 11.8 Å². The van der Waals surface area contributed by atoms with Gasteiger partial charge in [-0.05, 0) is 6.07 Å². The van der Waals surface area contributed by atoms with E-state index in [4.69, 9.17) is 5.11 Å². The Balaban J connectivity index is 2.33. The van der Waals surface area contributed by atoms with Crippen LogP contribution in [0.25, 0.3) is 0 Å². The van der Waals surface area contributed by atoms with Crippen molar-refractivity contribution in [2.45, 2.75) is 17.9 Å². The molecule has 0 amide bonds. The van der Waals surface area contributed by atoms with E-state index in [1.54, 1.807) is 16.4 Å². The SMILES string of the molecule is CC(CO)SCc1ccn(C)n1. The van der Waals surface area contributed by atoms with Crippen molar-refractivity contribution in [2.75, 3.05) is 6.61 Å². The molecular formula is C8H14N2OS. The van der Waals surface area contributed by atoms with E-state index in [-0.39, 0.29) is 6.61 Å². The zero-order valence-electron chi connectivity index (χ0n) is 7.40. The van der Waals surface area contributed by atoms with Crippen LogP contribution in [-0.2, 0) is 12.8 Å². The first-order valence-corrected chi connectivity index (χ1v) is 4.98. The maximum atomic E-state index is 8.77. The van der Waals surface area contributed by atoms with Crippen molar-refractivity contribution >= 4 is 11.8 Å². The van der Waals surface area contributed by atoms with E-state index in [1.165, 1.54) is 0 Å². The number of aliphatic hydroxyl groups is 1. The number of aryl methyl sites for hydroxylation is 1. The second-order valence-corrected chi connectivity index (χ2v) is 4.21. The molecule has 1 aromatic heterocycles. The molecule has 0 saturated carbocycles. The molecular weight excluding hydrogens is 172 g/mol. The molecule has 0 bridgehead atoms. The predicted molar refractivity (Wildman–Crippen MR) is 51.1 cm³/mol. The van der Waals surface area contributed by atoms with E-state index < -0.39 is 0 Å². The molecule has 0 aliphatic carbocycles.